The second-order valence-corrected chi connectivity index (χ2v) is 5.41. The van der Waals surface area contributed by atoms with E-state index in [1.54, 1.807) is 36.4 Å². The Morgan fingerprint density at radius 2 is 1.71 bits per heavy atom. The van der Waals surface area contributed by atoms with Crippen LogP contribution in [0, 0.1) is 0 Å². The molecule has 3 N–H and O–H groups in total. The van der Waals surface area contributed by atoms with Gasteiger partial charge in [-0.2, -0.15) is 13.2 Å². The van der Waals surface area contributed by atoms with E-state index in [-0.39, 0.29) is 42.2 Å². The summed E-state index contributed by atoms with van der Waals surface area (Å²) >= 11 is 0. The number of guanidine groups is 1. The third-order valence-electron chi connectivity index (χ3n) is 3.44. The molecular weight excluding hydrogens is 490 g/mol. The zero-order valence-electron chi connectivity index (χ0n) is 15.2. The minimum Gasteiger partial charge on any atom is -0.493 e. The zero-order chi connectivity index (χ0) is 19.9. The zero-order valence-corrected chi connectivity index (χ0v) is 17.6. The standard InChI is InChI=1S/C18H20F3N3O3.HI/c1-25-15-8-7-13(9-16(15)26-2)24-17(22)23-10-12-5-3-4-6-14(12)27-11-18(19,20)21;/h3-9H,10-11H2,1-2H3,(H3,22,23,24);1H. The molecule has 0 saturated heterocycles. The van der Waals surface area contributed by atoms with Crippen LogP contribution in [0.1, 0.15) is 5.56 Å². The lowest BCUT2D eigenvalue weighted by Crippen LogP contribution is -2.23. The van der Waals surface area contributed by atoms with E-state index < -0.39 is 12.8 Å². The number of hydrogen-bond acceptors (Lipinski definition) is 4. The number of nitrogens with one attached hydrogen (secondary N) is 1. The van der Waals surface area contributed by atoms with Gasteiger partial charge in [0.2, 0.25) is 0 Å². The molecule has 0 aromatic heterocycles. The van der Waals surface area contributed by atoms with Crippen molar-refractivity contribution in [2.24, 2.45) is 10.7 Å². The average Bonchev–Trinajstić information content (AvgIpc) is 2.64. The summed E-state index contributed by atoms with van der Waals surface area (Å²) in [5.41, 5.74) is 6.96. The number of hydrogen-bond donors (Lipinski definition) is 2. The molecule has 0 radical (unpaired) electrons. The molecule has 0 aliphatic carbocycles. The average molecular weight is 511 g/mol. The van der Waals surface area contributed by atoms with Crippen LogP contribution in [0.25, 0.3) is 0 Å². The highest BCUT2D eigenvalue weighted by atomic mass is 127. The van der Waals surface area contributed by atoms with Gasteiger partial charge in [0.05, 0.1) is 20.8 Å². The Morgan fingerprint density at radius 3 is 2.36 bits per heavy atom. The normalized spacial score (nSPS) is 11.4. The van der Waals surface area contributed by atoms with E-state index in [9.17, 15) is 13.2 Å². The fourth-order valence-electron chi connectivity index (χ4n) is 2.21. The fraction of sp³-hybridized carbons (Fsp3) is 0.278. The minimum atomic E-state index is -4.41. The lowest BCUT2D eigenvalue weighted by atomic mass is 10.2. The van der Waals surface area contributed by atoms with Crippen LogP contribution in [0.15, 0.2) is 47.5 Å². The predicted octanol–water partition coefficient (Wildman–Crippen LogP) is 4.19. The number of halogens is 4. The summed E-state index contributed by atoms with van der Waals surface area (Å²) < 4.78 is 52.2. The van der Waals surface area contributed by atoms with Crippen LogP contribution in [-0.2, 0) is 6.54 Å². The maximum Gasteiger partial charge on any atom is 0.422 e. The molecule has 6 nitrogen and oxygen atoms in total. The summed E-state index contributed by atoms with van der Waals surface area (Å²) in [5, 5.41) is 2.89. The van der Waals surface area contributed by atoms with Crippen molar-refractivity contribution < 1.29 is 27.4 Å². The molecule has 0 saturated carbocycles. The molecule has 0 atom stereocenters. The summed E-state index contributed by atoms with van der Waals surface area (Å²) in [4.78, 5) is 4.14. The van der Waals surface area contributed by atoms with Gasteiger partial charge in [-0.15, -0.1) is 24.0 Å². The molecular formula is C18H21F3IN3O3. The number of benzene rings is 2. The van der Waals surface area contributed by atoms with Crippen LogP contribution in [0.3, 0.4) is 0 Å². The number of aliphatic imine (C=N–C) groups is 1. The molecule has 0 heterocycles. The van der Waals surface area contributed by atoms with Crippen molar-refractivity contribution >= 4 is 35.6 Å². The molecule has 0 bridgehead atoms. The third-order valence-corrected chi connectivity index (χ3v) is 3.44. The van der Waals surface area contributed by atoms with Gasteiger partial charge in [-0.3, -0.25) is 0 Å². The molecule has 0 amide bonds. The van der Waals surface area contributed by atoms with Gasteiger partial charge in [0, 0.05) is 17.3 Å². The first kappa shape index (κ1) is 23.7. The monoisotopic (exact) mass is 511 g/mol. The number of alkyl halides is 3. The molecule has 10 heteroatoms. The van der Waals surface area contributed by atoms with Crippen LogP contribution in [0.2, 0.25) is 0 Å². The molecule has 154 valence electrons. The van der Waals surface area contributed by atoms with E-state index in [1.165, 1.54) is 20.3 Å². The number of nitrogens with zero attached hydrogens (tertiary/aromatic N) is 1. The summed E-state index contributed by atoms with van der Waals surface area (Å²) in [6, 6.07) is 11.5. The minimum absolute atomic E-state index is 0. The van der Waals surface area contributed by atoms with Gasteiger partial charge in [-0.25, -0.2) is 4.99 Å². The lowest BCUT2D eigenvalue weighted by Gasteiger charge is -2.13. The third kappa shape index (κ3) is 7.33. The number of rotatable bonds is 7. The number of para-hydroxylation sites is 1. The Kier molecular flexibility index (Phi) is 9.16. The van der Waals surface area contributed by atoms with E-state index in [1.807, 2.05) is 0 Å². The number of ether oxygens (including phenoxy) is 3. The number of anilines is 1. The summed E-state index contributed by atoms with van der Waals surface area (Å²) in [5.74, 6) is 1.28. The molecule has 0 fully saturated rings. The van der Waals surface area contributed by atoms with Gasteiger partial charge < -0.3 is 25.3 Å². The van der Waals surface area contributed by atoms with Crippen LogP contribution >= 0.6 is 24.0 Å². The molecule has 28 heavy (non-hydrogen) atoms. The van der Waals surface area contributed by atoms with Crippen molar-refractivity contribution in [2.75, 3.05) is 26.1 Å². The SMILES string of the molecule is COc1ccc(NC(N)=NCc2ccccc2OCC(F)(F)F)cc1OC.I. The fourth-order valence-corrected chi connectivity index (χ4v) is 2.21. The van der Waals surface area contributed by atoms with Gasteiger partial charge in [0.15, 0.2) is 24.1 Å². The Bertz CT molecular complexity index is 801. The van der Waals surface area contributed by atoms with E-state index in [2.05, 4.69) is 10.3 Å². The maximum atomic E-state index is 12.3. The summed E-state index contributed by atoms with van der Waals surface area (Å²) in [7, 11) is 3.04. The van der Waals surface area contributed by atoms with Crippen molar-refractivity contribution in [3.8, 4) is 17.2 Å². The van der Waals surface area contributed by atoms with Crippen LogP contribution in [-0.4, -0.2) is 33.0 Å². The van der Waals surface area contributed by atoms with Crippen molar-refractivity contribution in [1.29, 1.82) is 0 Å². The Morgan fingerprint density at radius 1 is 1.04 bits per heavy atom. The quantitative estimate of drug-likeness (QED) is 0.331. The first-order valence-electron chi connectivity index (χ1n) is 7.89. The van der Waals surface area contributed by atoms with Gasteiger partial charge in [-0.05, 0) is 18.2 Å². The van der Waals surface area contributed by atoms with Crippen LogP contribution in [0.4, 0.5) is 18.9 Å². The molecule has 2 rings (SSSR count). The summed E-state index contributed by atoms with van der Waals surface area (Å²) in [6.45, 7) is -1.31. The second-order valence-electron chi connectivity index (χ2n) is 5.41. The molecule has 0 spiro atoms. The molecule has 0 aliphatic rings. The van der Waals surface area contributed by atoms with Gasteiger partial charge >= 0.3 is 6.18 Å². The van der Waals surface area contributed by atoms with Crippen molar-refractivity contribution in [3.05, 3.63) is 48.0 Å². The molecule has 0 unspecified atom stereocenters. The van der Waals surface area contributed by atoms with Gasteiger partial charge in [-0.1, -0.05) is 18.2 Å². The smallest absolute Gasteiger partial charge is 0.422 e. The maximum absolute atomic E-state index is 12.3. The lowest BCUT2D eigenvalue weighted by molar-refractivity contribution is -0.153. The Hall–Kier alpha value is -2.37. The predicted molar refractivity (Wildman–Crippen MR) is 112 cm³/mol. The Labute approximate surface area is 177 Å². The number of methoxy groups -OCH3 is 2. The van der Waals surface area contributed by atoms with Crippen LogP contribution < -0.4 is 25.3 Å². The molecule has 2 aromatic rings. The van der Waals surface area contributed by atoms with Gasteiger partial charge in [0.1, 0.15) is 5.75 Å². The van der Waals surface area contributed by atoms with Crippen molar-refractivity contribution in [1.82, 2.24) is 0 Å². The van der Waals surface area contributed by atoms with Crippen molar-refractivity contribution in [3.63, 3.8) is 0 Å². The molecule has 0 aliphatic heterocycles. The molecule has 2 aromatic carbocycles. The Balaban J connectivity index is 0.00000392. The van der Waals surface area contributed by atoms with E-state index in [0.29, 0.717) is 22.7 Å². The largest absolute Gasteiger partial charge is 0.493 e. The highest BCUT2D eigenvalue weighted by Gasteiger charge is 2.28. The van der Waals surface area contributed by atoms with E-state index >= 15 is 0 Å². The number of nitrogens with two attached hydrogens (primary N) is 1. The van der Waals surface area contributed by atoms with Crippen LogP contribution in [0.5, 0.6) is 17.2 Å². The highest BCUT2D eigenvalue weighted by Crippen LogP contribution is 2.29. The highest BCUT2D eigenvalue weighted by molar-refractivity contribution is 14.0. The summed E-state index contributed by atoms with van der Waals surface area (Å²) in [6.07, 6.45) is -4.41. The van der Waals surface area contributed by atoms with E-state index in [4.69, 9.17) is 19.9 Å². The first-order chi connectivity index (χ1) is 12.8. The van der Waals surface area contributed by atoms with E-state index in [0.717, 1.165) is 0 Å². The van der Waals surface area contributed by atoms with Gasteiger partial charge in [0.25, 0.3) is 0 Å². The van der Waals surface area contributed by atoms with Crippen molar-refractivity contribution in [2.45, 2.75) is 12.7 Å². The first-order valence-corrected chi connectivity index (χ1v) is 7.89. The topological polar surface area (TPSA) is 78.1 Å². The second kappa shape index (κ2) is 10.8.